The van der Waals surface area contributed by atoms with Gasteiger partial charge in [-0.15, -0.1) is 0 Å². The van der Waals surface area contributed by atoms with Gasteiger partial charge in [0.15, 0.2) is 0 Å². The maximum atomic E-state index is 12.4. The van der Waals surface area contributed by atoms with Crippen molar-refractivity contribution in [2.24, 2.45) is 5.92 Å². The highest BCUT2D eigenvalue weighted by molar-refractivity contribution is 5.78. The minimum Gasteiger partial charge on any atom is -0.446 e. The van der Waals surface area contributed by atoms with Crippen molar-refractivity contribution in [3.8, 4) is 0 Å². The number of unbranched alkanes of at least 4 members (excludes halogenated alkanes) is 1. The molecule has 0 unspecified atom stereocenters. The Morgan fingerprint density at radius 1 is 1.35 bits per heavy atom. The van der Waals surface area contributed by atoms with E-state index in [0.717, 1.165) is 64.3 Å². The molecule has 0 aromatic heterocycles. The summed E-state index contributed by atoms with van der Waals surface area (Å²) in [6.07, 6.45) is 9.65. The maximum Gasteiger partial charge on any atom is 0.407 e. The Hall–Kier alpha value is -1.26. The molecule has 1 N–H and O–H groups in total. The van der Waals surface area contributed by atoms with Gasteiger partial charge in [0.1, 0.15) is 6.10 Å². The average Bonchev–Trinajstić information content (AvgIpc) is 2.90. The topological polar surface area (TPSA) is 58.6 Å². The van der Waals surface area contributed by atoms with Crippen molar-refractivity contribution >= 4 is 12.0 Å². The summed E-state index contributed by atoms with van der Waals surface area (Å²) in [6.45, 7) is 3.73. The Morgan fingerprint density at radius 3 is 3.04 bits per heavy atom. The van der Waals surface area contributed by atoms with Crippen LogP contribution in [0.3, 0.4) is 0 Å². The van der Waals surface area contributed by atoms with Crippen molar-refractivity contribution < 1.29 is 14.3 Å². The summed E-state index contributed by atoms with van der Waals surface area (Å²) < 4.78 is 5.65. The number of hydrogen-bond donors (Lipinski definition) is 1. The van der Waals surface area contributed by atoms with Gasteiger partial charge in [0.25, 0.3) is 0 Å². The first-order valence-electron chi connectivity index (χ1n) is 9.40. The van der Waals surface area contributed by atoms with E-state index in [1.807, 2.05) is 0 Å². The molecule has 5 nitrogen and oxygen atoms in total. The molecule has 3 atom stereocenters. The minimum absolute atomic E-state index is 0.0166. The van der Waals surface area contributed by atoms with E-state index in [1.54, 1.807) is 0 Å². The van der Waals surface area contributed by atoms with Gasteiger partial charge >= 0.3 is 6.09 Å². The summed E-state index contributed by atoms with van der Waals surface area (Å²) in [5.41, 5.74) is 0.0755. The van der Waals surface area contributed by atoms with Crippen LogP contribution in [0.15, 0.2) is 0 Å². The fraction of sp³-hybridized carbons (Fsp3) is 0.889. The Morgan fingerprint density at radius 2 is 2.22 bits per heavy atom. The number of nitrogens with one attached hydrogen (secondary N) is 1. The van der Waals surface area contributed by atoms with Gasteiger partial charge in [-0.05, 0) is 57.3 Å². The first kappa shape index (κ1) is 16.6. The zero-order chi connectivity index (χ0) is 16.3. The number of alkyl carbamates (subject to hydrolysis) is 1. The molecular weight excluding hydrogens is 292 g/mol. The minimum atomic E-state index is -0.271. The molecule has 23 heavy (non-hydrogen) atoms. The Balaban J connectivity index is 1.59. The van der Waals surface area contributed by atoms with E-state index in [9.17, 15) is 9.59 Å². The molecule has 1 saturated carbocycles. The van der Waals surface area contributed by atoms with Gasteiger partial charge in [-0.3, -0.25) is 4.79 Å². The van der Waals surface area contributed by atoms with Crippen molar-refractivity contribution in [3.63, 3.8) is 0 Å². The quantitative estimate of drug-likeness (QED) is 0.809. The van der Waals surface area contributed by atoms with Crippen LogP contribution in [0.1, 0.15) is 71.1 Å². The van der Waals surface area contributed by atoms with Crippen molar-refractivity contribution in [2.75, 3.05) is 13.1 Å². The van der Waals surface area contributed by atoms with Crippen LogP contribution in [0.2, 0.25) is 0 Å². The first-order chi connectivity index (χ1) is 11.2. The Bertz CT molecular complexity index is 454. The van der Waals surface area contributed by atoms with E-state index in [4.69, 9.17) is 4.74 Å². The SMILES string of the molecule is CCCCNC(=O)O[C@H]1CC[C@@]23CCCN2C(=O)CCC[C@H]3C1. The molecule has 3 aliphatic rings. The third-order valence-corrected chi connectivity index (χ3v) is 6.05. The lowest BCUT2D eigenvalue weighted by molar-refractivity contribution is -0.138. The van der Waals surface area contributed by atoms with E-state index >= 15 is 0 Å². The summed E-state index contributed by atoms with van der Waals surface area (Å²) in [5, 5.41) is 2.84. The van der Waals surface area contributed by atoms with Crippen LogP contribution in [0.25, 0.3) is 0 Å². The van der Waals surface area contributed by atoms with Crippen LogP contribution in [-0.2, 0) is 9.53 Å². The number of ether oxygens (including phenoxy) is 1. The molecule has 3 fully saturated rings. The normalized spacial score (nSPS) is 33.6. The van der Waals surface area contributed by atoms with Crippen molar-refractivity contribution in [3.05, 3.63) is 0 Å². The monoisotopic (exact) mass is 322 g/mol. The lowest BCUT2D eigenvalue weighted by Crippen LogP contribution is -2.54. The molecule has 130 valence electrons. The van der Waals surface area contributed by atoms with Crippen LogP contribution in [-0.4, -0.2) is 41.6 Å². The third kappa shape index (κ3) is 3.33. The van der Waals surface area contributed by atoms with E-state index < -0.39 is 0 Å². The molecule has 0 aromatic carbocycles. The molecule has 2 heterocycles. The number of nitrogens with zero attached hydrogens (tertiary/aromatic N) is 1. The molecule has 2 saturated heterocycles. The number of rotatable bonds is 4. The van der Waals surface area contributed by atoms with Gasteiger partial charge in [0.2, 0.25) is 5.91 Å². The van der Waals surface area contributed by atoms with Gasteiger partial charge in [-0.1, -0.05) is 13.3 Å². The third-order valence-electron chi connectivity index (χ3n) is 6.05. The second-order valence-electron chi connectivity index (χ2n) is 7.42. The second kappa shape index (κ2) is 7.10. The van der Waals surface area contributed by atoms with E-state index in [1.165, 1.54) is 0 Å². The molecule has 0 aromatic rings. The predicted octanol–water partition coefficient (Wildman–Crippen LogP) is 3.23. The fourth-order valence-electron chi connectivity index (χ4n) is 4.92. The highest BCUT2D eigenvalue weighted by atomic mass is 16.6. The van der Waals surface area contributed by atoms with Crippen LogP contribution in [0.5, 0.6) is 0 Å². The Labute approximate surface area is 139 Å². The Kier molecular flexibility index (Phi) is 5.12. The van der Waals surface area contributed by atoms with Crippen LogP contribution < -0.4 is 5.32 Å². The number of carbonyl (C=O) groups excluding carboxylic acids is 2. The van der Waals surface area contributed by atoms with Gasteiger partial charge in [-0.2, -0.15) is 0 Å². The molecule has 2 aliphatic heterocycles. The molecule has 0 bridgehead atoms. The van der Waals surface area contributed by atoms with E-state index in [2.05, 4.69) is 17.1 Å². The molecule has 5 heteroatoms. The summed E-state index contributed by atoms with van der Waals surface area (Å²) >= 11 is 0. The van der Waals surface area contributed by atoms with Crippen molar-refractivity contribution in [1.29, 1.82) is 0 Å². The lowest BCUT2D eigenvalue weighted by Gasteiger charge is -2.48. The standard InChI is InChI=1S/C18H30N2O3/c1-2-3-11-19-17(22)23-15-8-10-18-9-5-12-20(18)16(21)7-4-6-14(18)13-15/h14-15H,2-13H2,1H3,(H,19,22)/t14-,15-,18+/m0/s1. The highest BCUT2D eigenvalue weighted by Gasteiger charge is 2.52. The zero-order valence-electron chi connectivity index (χ0n) is 14.3. The number of carbonyl (C=O) groups is 2. The molecule has 2 amide bonds. The van der Waals surface area contributed by atoms with Gasteiger partial charge in [-0.25, -0.2) is 4.79 Å². The van der Waals surface area contributed by atoms with E-state index in [-0.39, 0.29) is 17.7 Å². The van der Waals surface area contributed by atoms with Crippen LogP contribution >= 0.6 is 0 Å². The fourth-order valence-corrected chi connectivity index (χ4v) is 4.92. The van der Waals surface area contributed by atoms with Gasteiger partial charge in [0, 0.05) is 25.0 Å². The summed E-state index contributed by atoms with van der Waals surface area (Å²) in [7, 11) is 0. The van der Waals surface area contributed by atoms with Crippen LogP contribution in [0.4, 0.5) is 4.79 Å². The average molecular weight is 322 g/mol. The maximum absolute atomic E-state index is 12.4. The van der Waals surface area contributed by atoms with Gasteiger partial charge < -0.3 is 15.0 Å². The second-order valence-corrected chi connectivity index (χ2v) is 7.42. The largest absolute Gasteiger partial charge is 0.446 e. The molecule has 1 aliphatic carbocycles. The number of hydrogen-bond acceptors (Lipinski definition) is 3. The lowest BCUT2D eigenvalue weighted by atomic mass is 9.69. The molecular formula is C18H30N2O3. The molecule has 0 radical (unpaired) electrons. The van der Waals surface area contributed by atoms with E-state index in [0.29, 0.717) is 24.8 Å². The first-order valence-corrected chi connectivity index (χ1v) is 9.40. The highest BCUT2D eigenvalue weighted by Crippen LogP contribution is 2.49. The molecule has 3 rings (SSSR count). The smallest absolute Gasteiger partial charge is 0.407 e. The predicted molar refractivity (Wildman–Crippen MR) is 88.0 cm³/mol. The zero-order valence-corrected chi connectivity index (χ0v) is 14.3. The summed E-state index contributed by atoms with van der Waals surface area (Å²) in [6, 6.07) is 0. The number of amides is 2. The van der Waals surface area contributed by atoms with Crippen molar-refractivity contribution in [2.45, 2.75) is 82.8 Å². The summed E-state index contributed by atoms with van der Waals surface area (Å²) in [4.78, 5) is 26.5. The summed E-state index contributed by atoms with van der Waals surface area (Å²) in [5.74, 6) is 0.848. The molecule has 1 spiro atoms. The van der Waals surface area contributed by atoms with Crippen molar-refractivity contribution in [1.82, 2.24) is 10.2 Å². The van der Waals surface area contributed by atoms with Gasteiger partial charge in [0.05, 0.1) is 0 Å². The van der Waals surface area contributed by atoms with Crippen LogP contribution in [0, 0.1) is 5.92 Å².